The first-order valence-corrected chi connectivity index (χ1v) is 13.4. The van der Waals surface area contributed by atoms with E-state index in [4.69, 9.17) is 0 Å². The van der Waals surface area contributed by atoms with Gasteiger partial charge in [0.15, 0.2) is 0 Å². The van der Waals surface area contributed by atoms with Crippen LogP contribution in [0.3, 0.4) is 0 Å². The summed E-state index contributed by atoms with van der Waals surface area (Å²) in [6.07, 6.45) is 6.22. The van der Waals surface area contributed by atoms with Gasteiger partial charge >= 0.3 is 6.03 Å². The normalized spacial score (nSPS) is 22.7. The van der Waals surface area contributed by atoms with Gasteiger partial charge in [-0.1, -0.05) is 25.3 Å². The molecule has 3 heterocycles. The van der Waals surface area contributed by atoms with E-state index >= 15 is 0 Å². The molecule has 2 amide bonds. The molecule has 2 atom stereocenters. The van der Waals surface area contributed by atoms with E-state index in [1.165, 1.54) is 36.8 Å². The van der Waals surface area contributed by atoms with E-state index in [2.05, 4.69) is 10.0 Å². The number of rotatable bonds is 4. The lowest BCUT2D eigenvalue weighted by molar-refractivity contribution is 0.128. The molecule has 10 heteroatoms. The van der Waals surface area contributed by atoms with E-state index in [1.807, 2.05) is 0 Å². The molecule has 0 spiro atoms. The van der Waals surface area contributed by atoms with Crippen molar-refractivity contribution in [1.29, 1.82) is 0 Å². The van der Waals surface area contributed by atoms with Crippen molar-refractivity contribution in [1.82, 2.24) is 14.8 Å². The number of likely N-dealkylation sites (tertiary alicyclic amines) is 1. The summed E-state index contributed by atoms with van der Waals surface area (Å²) in [5.74, 6) is -0.705. The number of fused-ring (bicyclic) bond motifs is 4. The number of amides is 2. The Labute approximate surface area is 198 Å². The molecule has 2 bridgehead atoms. The lowest BCUT2D eigenvalue weighted by Gasteiger charge is -2.43. The number of nitrogens with zero attached hydrogens (tertiary/aromatic N) is 2. The number of benzene rings is 1. The van der Waals surface area contributed by atoms with Gasteiger partial charge in [0.1, 0.15) is 5.82 Å². The third-order valence-corrected chi connectivity index (χ3v) is 8.52. The maximum atomic E-state index is 13.6. The van der Waals surface area contributed by atoms with Crippen LogP contribution >= 0.6 is 0 Å². The molecule has 2 fully saturated rings. The number of carbonyl (C=O) groups is 1. The number of aromatic nitrogens is 1. The predicted octanol–water partition coefficient (Wildman–Crippen LogP) is 3.25. The molecule has 1 aromatic carbocycles. The van der Waals surface area contributed by atoms with Gasteiger partial charge in [-0.2, -0.15) is 0 Å². The number of hydrogen-bond acceptors (Lipinski definition) is 4. The van der Waals surface area contributed by atoms with Gasteiger partial charge in [0.2, 0.25) is 0 Å². The first kappa shape index (κ1) is 22.9. The minimum atomic E-state index is -4.06. The number of anilines is 1. The van der Waals surface area contributed by atoms with Gasteiger partial charge in [-0.3, -0.25) is 9.52 Å². The Hall–Kier alpha value is -2.88. The van der Waals surface area contributed by atoms with E-state index in [1.54, 1.807) is 9.47 Å². The Morgan fingerprint density at radius 1 is 1.03 bits per heavy atom. The van der Waals surface area contributed by atoms with Crippen LogP contribution in [0.25, 0.3) is 0 Å². The van der Waals surface area contributed by atoms with Gasteiger partial charge in [-0.15, -0.1) is 0 Å². The van der Waals surface area contributed by atoms with Gasteiger partial charge in [0, 0.05) is 37.7 Å². The number of pyridine rings is 1. The zero-order chi connectivity index (χ0) is 23.9. The van der Waals surface area contributed by atoms with Crippen LogP contribution in [0.4, 0.5) is 14.9 Å². The zero-order valence-electron chi connectivity index (χ0n) is 18.9. The van der Waals surface area contributed by atoms with Crippen LogP contribution in [-0.2, 0) is 16.6 Å². The summed E-state index contributed by atoms with van der Waals surface area (Å²) in [6, 6.07) is 7.72. The Morgan fingerprint density at radius 3 is 2.59 bits per heavy atom. The Kier molecular flexibility index (Phi) is 6.09. The maximum Gasteiger partial charge on any atom is 0.317 e. The Balaban J connectivity index is 1.41. The van der Waals surface area contributed by atoms with Crippen LogP contribution in [0, 0.1) is 11.7 Å². The van der Waals surface area contributed by atoms with Crippen LogP contribution in [0.2, 0.25) is 0 Å². The highest BCUT2D eigenvalue weighted by atomic mass is 32.2. The molecular formula is C24H29FN4O4S. The van der Waals surface area contributed by atoms with Gasteiger partial charge in [0.25, 0.3) is 15.6 Å². The Morgan fingerprint density at radius 2 is 1.82 bits per heavy atom. The number of urea groups is 1. The molecule has 2 unspecified atom stereocenters. The number of piperidine rings is 1. The van der Waals surface area contributed by atoms with Gasteiger partial charge in [-0.25, -0.2) is 17.6 Å². The van der Waals surface area contributed by atoms with Crippen LogP contribution in [0.5, 0.6) is 0 Å². The first-order chi connectivity index (χ1) is 16.3. The van der Waals surface area contributed by atoms with E-state index < -0.39 is 15.8 Å². The number of carbonyl (C=O) groups excluding carboxylic acids is 1. The molecule has 5 rings (SSSR count). The van der Waals surface area contributed by atoms with Crippen LogP contribution in [-0.4, -0.2) is 43.0 Å². The van der Waals surface area contributed by atoms with Crippen LogP contribution < -0.4 is 15.6 Å². The molecule has 1 saturated heterocycles. The lowest BCUT2D eigenvalue weighted by atomic mass is 9.82. The largest absolute Gasteiger partial charge is 0.335 e. The molecule has 8 nitrogen and oxygen atoms in total. The zero-order valence-corrected chi connectivity index (χ0v) is 19.7. The van der Waals surface area contributed by atoms with Crippen molar-refractivity contribution >= 4 is 21.7 Å². The number of halogens is 1. The molecule has 2 N–H and O–H groups in total. The predicted molar refractivity (Wildman–Crippen MR) is 126 cm³/mol. The summed E-state index contributed by atoms with van der Waals surface area (Å²) >= 11 is 0. The maximum absolute atomic E-state index is 13.6. The quantitative estimate of drug-likeness (QED) is 0.690. The van der Waals surface area contributed by atoms with Crippen molar-refractivity contribution in [3.63, 3.8) is 0 Å². The summed E-state index contributed by atoms with van der Waals surface area (Å²) in [7, 11) is -4.06. The molecule has 0 radical (unpaired) electrons. The third-order valence-electron chi connectivity index (χ3n) is 7.16. The van der Waals surface area contributed by atoms with Crippen molar-refractivity contribution in [2.24, 2.45) is 5.92 Å². The third kappa shape index (κ3) is 4.55. The molecule has 1 saturated carbocycles. The summed E-state index contributed by atoms with van der Waals surface area (Å²) in [6.45, 7) is 1.40. The average molecular weight is 489 g/mol. The summed E-state index contributed by atoms with van der Waals surface area (Å²) in [5, 5.41) is 3.16. The molecule has 1 aromatic heterocycles. The van der Waals surface area contributed by atoms with Crippen molar-refractivity contribution < 1.29 is 17.6 Å². The minimum absolute atomic E-state index is 0.0878. The van der Waals surface area contributed by atoms with E-state index in [-0.39, 0.29) is 34.4 Å². The standard InChI is InChI=1S/C24H29FN4O4S/c25-18-5-4-8-20(12-18)34(32,33)27-21-9-10-22(30)29-14-16-11-17(23(21)29)15-28(13-16)24(31)26-19-6-2-1-3-7-19/h4-5,8-10,12,16-17,19,27H,1-3,6-7,11,13-15H2,(H,26,31). The number of sulfonamides is 1. The molecule has 2 aliphatic heterocycles. The molecular weight excluding hydrogens is 459 g/mol. The monoisotopic (exact) mass is 488 g/mol. The average Bonchev–Trinajstić information content (AvgIpc) is 2.81. The van der Waals surface area contributed by atoms with Crippen molar-refractivity contribution in [2.75, 3.05) is 17.8 Å². The highest BCUT2D eigenvalue weighted by Gasteiger charge is 2.38. The fourth-order valence-corrected chi connectivity index (χ4v) is 6.72. The minimum Gasteiger partial charge on any atom is -0.335 e. The van der Waals surface area contributed by atoms with E-state index in [0.717, 1.165) is 38.2 Å². The van der Waals surface area contributed by atoms with Crippen molar-refractivity contribution in [3.8, 4) is 0 Å². The lowest BCUT2D eigenvalue weighted by Crippen LogP contribution is -2.53. The SMILES string of the molecule is O=C(NC1CCCCC1)N1CC2CC(C1)c1c(NS(=O)(=O)c3cccc(F)c3)ccc(=O)n1C2. The molecule has 2 aromatic rings. The van der Waals surface area contributed by atoms with Gasteiger partial charge in [-0.05, 0) is 49.4 Å². The summed E-state index contributed by atoms with van der Waals surface area (Å²) in [4.78, 5) is 27.3. The molecule has 34 heavy (non-hydrogen) atoms. The second-order valence-corrected chi connectivity index (χ2v) is 11.3. The molecule has 182 valence electrons. The second-order valence-electron chi connectivity index (χ2n) is 9.63. The smallest absolute Gasteiger partial charge is 0.317 e. The number of nitrogens with one attached hydrogen (secondary N) is 2. The van der Waals surface area contributed by atoms with E-state index in [0.29, 0.717) is 31.0 Å². The highest BCUT2D eigenvalue weighted by Crippen LogP contribution is 2.39. The second kappa shape index (κ2) is 9.05. The Bertz CT molecular complexity index is 1260. The van der Waals surface area contributed by atoms with Crippen LogP contribution in [0.1, 0.15) is 50.1 Å². The first-order valence-electron chi connectivity index (χ1n) is 11.9. The summed E-state index contributed by atoms with van der Waals surface area (Å²) in [5.41, 5.74) is 0.680. The van der Waals surface area contributed by atoms with Crippen molar-refractivity contribution in [3.05, 3.63) is 58.3 Å². The van der Waals surface area contributed by atoms with Gasteiger partial charge < -0.3 is 14.8 Å². The topological polar surface area (TPSA) is 101 Å². The fraction of sp³-hybridized carbons (Fsp3) is 0.500. The van der Waals surface area contributed by atoms with E-state index in [9.17, 15) is 22.4 Å². The van der Waals surface area contributed by atoms with Crippen molar-refractivity contribution in [2.45, 2.75) is 61.9 Å². The summed E-state index contributed by atoms with van der Waals surface area (Å²) < 4.78 is 43.7. The van der Waals surface area contributed by atoms with Gasteiger partial charge in [0.05, 0.1) is 16.3 Å². The molecule has 1 aliphatic carbocycles. The van der Waals surface area contributed by atoms with Crippen LogP contribution in [0.15, 0.2) is 46.1 Å². The highest BCUT2D eigenvalue weighted by molar-refractivity contribution is 7.92. The fourth-order valence-electron chi connectivity index (χ4n) is 5.62. The number of hydrogen-bond donors (Lipinski definition) is 2. The molecule has 3 aliphatic rings.